The Bertz CT molecular complexity index is 736. The van der Waals surface area contributed by atoms with E-state index in [4.69, 9.17) is 0 Å². The average Bonchev–Trinajstić information content (AvgIpc) is 2.94. The monoisotopic (exact) mass is 265 g/mol. The van der Waals surface area contributed by atoms with E-state index in [1.54, 1.807) is 18.3 Å². The summed E-state index contributed by atoms with van der Waals surface area (Å²) in [4.78, 5) is 15.5. The van der Waals surface area contributed by atoms with Crippen LogP contribution in [0.15, 0.2) is 60.9 Å². The maximum Gasteiger partial charge on any atom is 0.339 e. The summed E-state index contributed by atoms with van der Waals surface area (Å²) in [5.74, 6) is -0.428. The Kier molecular flexibility index (Phi) is 3.01. The summed E-state index contributed by atoms with van der Waals surface area (Å²) in [5.41, 5.74) is 1.35. The molecule has 0 unspecified atom stereocenters. The number of pyridine rings is 1. The Morgan fingerprint density at radius 3 is 2.45 bits per heavy atom. The van der Waals surface area contributed by atoms with Gasteiger partial charge in [0, 0.05) is 18.0 Å². The van der Waals surface area contributed by atoms with Crippen molar-refractivity contribution in [1.29, 1.82) is 0 Å². The number of carbonyl (C=O) groups is 1. The first-order valence-electron chi connectivity index (χ1n) is 6.05. The van der Waals surface area contributed by atoms with Crippen molar-refractivity contribution in [2.24, 2.45) is 0 Å². The highest BCUT2D eigenvalue weighted by molar-refractivity contribution is 5.94. The molecule has 0 radical (unpaired) electrons. The van der Waals surface area contributed by atoms with Gasteiger partial charge in [-0.1, -0.05) is 36.4 Å². The lowest BCUT2D eigenvalue weighted by molar-refractivity contribution is 0.0697. The number of benzene rings is 1. The maximum absolute atomic E-state index is 11.4. The molecular formula is C15H11N3O2. The van der Waals surface area contributed by atoms with Gasteiger partial charge in [-0.15, -0.1) is 0 Å². The van der Waals surface area contributed by atoms with Gasteiger partial charge in [-0.3, -0.25) is 0 Å². The second kappa shape index (κ2) is 4.97. The van der Waals surface area contributed by atoms with E-state index in [9.17, 15) is 9.90 Å². The molecule has 0 aliphatic rings. The first kappa shape index (κ1) is 12.1. The van der Waals surface area contributed by atoms with Crippen LogP contribution in [0.5, 0.6) is 0 Å². The summed E-state index contributed by atoms with van der Waals surface area (Å²) in [6.07, 6.45) is 3.12. The minimum atomic E-state index is -1.01. The molecule has 0 fully saturated rings. The molecule has 0 spiro atoms. The van der Waals surface area contributed by atoms with Gasteiger partial charge in [0.15, 0.2) is 5.82 Å². The van der Waals surface area contributed by atoms with Gasteiger partial charge in [0.05, 0.1) is 0 Å². The van der Waals surface area contributed by atoms with Gasteiger partial charge in [-0.25, -0.2) is 14.5 Å². The summed E-state index contributed by atoms with van der Waals surface area (Å²) in [5, 5.41) is 13.7. The summed E-state index contributed by atoms with van der Waals surface area (Å²) < 4.78 is 1.48. The highest BCUT2D eigenvalue weighted by Gasteiger charge is 2.17. The van der Waals surface area contributed by atoms with Crippen LogP contribution in [0.3, 0.4) is 0 Å². The van der Waals surface area contributed by atoms with Crippen molar-refractivity contribution in [2.75, 3.05) is 0 Å². The van der Waals surface area contributed by atoms with E-state index in [1.165, 1.54) is 10.9 Å². The number of nitrogens with zero attached hydrogens (tertiary/aromatic N) is 3. The van der Waals surface area contributed by atoms with Crippen molar-refractivity contribution < 1.29 is 9.90 Å². The van der Waals surface area contributed by atoms with Gasteiger partial charge in [0.2, 0.25) is 0 Å². The molecule has 3 aromatic rings. The van der Waals surface area contributed by atoms with Gasteiger partial charge in [-0.05, 0) is 12.1 Å². The first-order valence-corrected chi connectivity index (χ1v) is 6.05. The van der Waals surface area contributed by atoms with E-state index < -0.39 is 5.97 Å². The molecule has 5 heteroatoms. The Morgan fingerprint density at radius 1 is 1.05 bits per heavy atom. The van der Waals surface area contributed by atoms with Crippen molar-refractivity contribution in [1.82, 2.24) is 14.8 Å². The van der Waals surface area contributed by atoms with Crippen molar-refractivity contribution >= 4 is 5.97 Å². The second-order valence-electron chi connectivity index (χ2n) is 4.20. The van der Waals surface area contributed by atoms with E-state index >= 15 is 0 Å². The van der Waals surface area contributed by atoms with Crippen LogP contribution in [0, 0.1) is 0 Å². The van der Waals surface area contributed by atoms with Crippen LogP contribution in [0.1, 0.15) is 10.4 Å². The number of aromatic carboxylic acids is 1. The molecule has 0 saturated heterocycles. The summed E-state index contributed by atoms with van der Waals surface area (Å²) in [7, 11) is 0. The van der Waals surface area contributed by atoms with Crippen LogP contribution in [0.2, 0.25) is 0 Å². The maximum atomic E-state index is 11.4. The predicted octanol–water partition coefficient (Wildman–Crippen LogP) is 2.63. The molecule has 1 aromatic carbocycles. The molecule has 1 N–H and O–H groups in total. The number of rotatable bonds is 3. The van der Waals surface area contributed by atoms with Crippen LogP contribution in [-0.2, 0) is 0 Å². The van der Waals surface area contributed by atoms with Crippen molar-refractivity contribution in [2.45, 2.75) is 0 Å². The molecule has 0 amide bonds. The summed E-state index contributed by atoms with van der Waals surface area (Å²) >= 11 is 0. The molecule has 98 valence electrons. The minimum absolute atomic E-state index is 0.154. The molecule has 0 bridgehead atoms. The summed E-state index contributed by atoms with van der Waals surface area (Å²) in [6, 6.07) is 14.6. The Morgan fingerprint density at radius 2 is 1.80 bits per heavy atom. The van der Waals surface area contributed by atoms with E-state index in [2.05, 4.69) is 10.1 Å². The standard InChI is InChI=1S/C15H11N3O2/c19-15(20)12-10-18(13-8-4-5-9-16-13)17-14(12)11-6-2-1-3-7-11/h1-10H,(H,19,20). The lowest BCUT2D eigenvalue weighted by Gasteiger charge is -1.99. The van der Waals surface area contributed by atoms with Crippen LogP contribution < -0.4 is 0 Å². The van der Waals surface area contributed by atoms with Crippen LogP contribution in [-0.4, -0.2) is 25.8 Å². The molecule has 0 aliphatic heterocycles. The van der Waals surface area contributed by atoms with Gasteiger partial charge in [0.25, 0.3) is 0 Å². The fourth-order valence-electron chi connectivity index (χ4n) is 1.95. The number of carboxylic acids is 1. The quantitative estimate of drug-likeness (QED) is 0.790. The topological polar surface area (TPSA) is 68.0 Å². The van der Waals surface area contributed by atoms with Gasteiger partial charge in [0.1, 0.15) is 11.3 Å². The minimum Gasteiger partial charge on any atom is -0.478 e. The zero-order valence-corrected chi connectivity index (χ0v) is 10.5. The SMILES string of the molecule is O=C(O)c1cn(-c2ccccn2)nc1-c1ccccc1. The molecule has 0 saturated carbocycles. The first-order chi connectivity index (χ1) is 9.75. The van der Waals surface area contributed by atoms with Gasteiger partial charge >= 0.3 is 5.97 Å². The van der Waals surface area contributed by atoms with E-state index in [1.807, 2.05) is 36.4 Å². The van der Waals surface area contributed by atoms with E-state index in [-0.39, 0.29) is 5.56 Å². The van der Waals surface area contributed by atoms with Gasteiger partial charge in [-0.2, -0.15) is 5.10 Å². The third-order valence-corrected chi connectivity index (χ3v) is 2.88. The number of carboxylic acid groups (broad SMARTS) is 1. The molecule has 5 nitrogen and oxygen atoms in total. The smallest absolute Gasteiger partial charge is 0.339 e. The Labute approximate surface area is 115 Å². The Hall–Kier alpha value is -2.95. The number of aromatic nitrogens is 3. The van der Waals surface area contributed by atoms with Crippen molar-refractivity contribution in [3.8, 4) is 17.1 Å². The molecule has 0 aliphatic carbocycles. The molecule has 0 atom stereocenters. The second-order valence-corrected chi connectivity index (χ2v) is 4.20. The number of hydrogen-bond acceptors (Lipinski definition) is 3. The van der Waals surface area contributed by atoms with E-state index in [0.29, 0.717) is 11.5 Å². The predicted molar refractivity (Wildman–Crippen MR) is 73.8 cm³/mol. The molecule has 2 heterocycles. The molecule has 3 rings (SSSR count). The zero-order chi connectivity index (χ0) is 13.9. The third-order valence-electron chi connectivity index (χ3n) is 2.88. The number of hydrogen-bond donors (Lipinski definition) is 1. The van der Waals surface area contributed by atoms with Crippen LogP contribution in [0.4, 0.5) is 0 Å². The molecule has 2 aromatic heterocycles. The lowest BCUT2D eigenvalue weighted by Crippen LogP contribution is -1.97. The lowest BCUT2D eigenvalue weighted by atomic mass is 10.1. The van der Waals surface area contributed by atoms with Gasteiger partial charge < -0.3 is 5.11 Å². The van der Waals surface area contributed by atoms with Crippen LogP contribution >= 0.6 is 0 Å². The third kappa shape index (κ3) is 2.16. The fraction of sp³-hybridized carbons (Fsp3) is 0. The largest absolute Gasteiger partial charge is 0.478 e. The Balaban J connectivity index is 2.15. The highest BCUT2D eigenvalue weighted by atomic mass is 16.4. The molecular weight excluding hydrogens is 254 g/mol. The highest BCUT2D eigenvalue weighted by Crippen LogP contribution is 2.22. The normalized spacial score (nSPS) is 10.4. The zero-order valence-electron chi connectivity index (χ0n) is 10.5. The van der Waals surface area contributed by atoms with E-state index in [0.717, 1.165) is 5.56 Å². The fourth-order valence-corrected chi connectivity index (χ4v) is 1.95. The molecule has 20 heavy (non-hydrogen) atoms. The van der Waals surface area contributed by atoms with Crippen LogP contribution in [0.25, 0.3) is 17.1 Å². The summed E-state index contributed by atoms with van der Waals surface area (Å²) in [6.45, 7) is 0. The average molecular weight is 265 g/mol. The van der Waals surface area contributed by atoms with Crippen molar-refractivity contribution in [3.05, 3.63) is 66.5 Å². The van der Waals surface area contributed by atoms with Crippen molar-refractivity contribution in [3.63, 3.8) is 0 Å².